The minimum atomic E-state index is 0.843. The van der Waals surface area contributed by atoms with Crippen molar-refractivity contribution in [1.82, 2.24) is 0 Å². The molecule has 0 N–H and O–H groups in total. The van der Waals surface area contributed by atoms with Crippen molar-refractivity contribution in [2.75, 3.05) is 0 Å². The maximum absolute atomic E-state index is 5.13. The average molecular weight is 306 g/mol. The molecule has 0 aliphatic carbocycles. The van der Waals surface area contributed by atoms with Crippen LogP contribution in [-0.4, -0.2) is 3.64 Å². The van der Waals surface area contributed by atoms with E-state index < -0.39 is 0 Å². The van der Waals surface area contributed by atoms with Crippen molar-refractivity contribution in [1.29, 1.82) is 0 Å². The Hall–Kier alpha value is 0.0283. The average Bonchev–Trinajstić information content (AvgIpc) is 1.82. The normalized spacial score (nSPS) is 10.0. The summed E-state index contributed by atoms with van der Waals surface area (Å²) >= 11 is 1.41. The molecule has 0 saturated carbocycles. The van der Waals surface area contributed by atoms with Crippen molar-refractivity contribution in [2.45, 2.75) is 0 Å². The van der Waals surface area contributed by atoms with Gasteiger partial charge in [0.2, 0.25) is 0 Å². The van der Waals surface area contributed by atoms with Gasteiger partial charge >= 0.3 is 68.9 Å². The van der Waals surface area contributed by atoms with Gasteiger partial charge in [0.15, 0.2) is 0 Å². The molecule has 1 unspecified atom stereocenters. The van der Waals surface area contributed by atoms with Gasteiger partial charge in [0.1, 0.15) is 0 Å². The summed E-state index contributed by atoms with van der Waals surface area (Å²) in [4.78, 5) is 0. The van der Waals surface area contributed by atoms with Gasteiger partial charge in [0, 0.05) is 0 Å². The zero-order valence-corrected chi connectivity index (χ0v) is 9.01. The Morgan fingerprint density at radius 3 is 2.44 bits per heavy atom. The van der Waals surface area contributed by atoms with Crippen LogP contribution in [0, 0.1) is 12.3 Å². The van der Waals surface area contributed by atoms with Gasteiger partial charge in [-0.3, -0.25) is 0 Å². The molecule has 2 heteroatoms. The van der Waals surface area contributed by atoms with Crippen LogP contribution < -0.4 is 0 Å². The molecule has 0 spiro atoms. The molecular weight excluding hydrogens is 299 g/mol. The Bertz CT molecular complexity index is 195. The fourth-order valence-corrected chi connectivity index (χ4v) is 0.948. The Kier molecular flexibility index (Phi) is 4.88. The van der Waals surface area contributed by atoms with E-state index in [4.69, 9.17) is 6.42 Å². The molecule has 0 aliphatic heterocycles. The summed E-state index contributed by atoms with van der Waals surface area (Å²) in [5.74, 6) is 2.51. The Morgan fingerprint density at radius 2 is 2.33 bits per heavy atom. The van der Waals surface area contributed by atoms with Crippen LogP contribution in [0.4, 0.5) is 0 Å². The van der Waals surface area contributed by atoms with Crippen molar-refractivity contribution < 1.29 is 19.4 Å². The first-order valence-electron chi connectivity index (χ1n) is 2.31. The van der Waals surface area contributed by atoms with Gasteiger partial charge in [-0.15, -0.1) is 0 Å². The predicted octanol–water partition coefficient (Wildman–Crippen LogP) is 1.28. The molecule has 0 bridgehead atoms. The first-order valence-corrected chi connectivity index (χ1v) is 4.35. The summed E-state index contributed by atoms with van der Waals surface area (Å²) in [7, 11) is 2.59. The fourth-order valence-electron chi connectivity index (χ4n) is 0.313. The van der Waals surface area contributed by atoms with Crippen molar-refractivity contribution in [3.8, 4) is 12.3 Å². The minimum absolute atomic E-state index is 0.843. The third kappa shape index (κ3) is 4.53. The van der Waals surface area contributed by atoms with Gasteiger partial charge in [0.05, 0.1) is 0 Å². The zero-order chi connectivity index (χ0) is 7.28. The van der Waals surface area contributed by atoms with E-state index in [0.717, 1.165) is 5.57 Å². The molecule has 0 aliphatic rings. The Balaban J connectivity index is 4.30. The summed E-state index contributed by atoms with van der Waals surface area (Å²) in [6.45, 7) is 3.56. The molecule has 9 heavy (non-hydrogen) atoms. The van der Waals surface area contributed by atoms with Crippen LogP contribution >= 0.6 is 9.24 Å². The van der Waals surface area contributed by atoms with Gasteiger partial charge in [-0.05, 0) is 0 Å². The van der Waals surface area contributed by atoms with Crippen LogP contribution in [0.25, 0.3) is 0 Å². The van der Waals surface area contributed by atoms with E-state index in [1.807, 2.05) is 6.08 Å². The van der Waals surface area contributed by atoms with Crippen LogP contribution in [-0.2, 0) is 19.4 Å². The van der Waals surface area contributed by atoms with E-state index in [0.29, 0.717) is 0 Å². The van der Waals surface area contributed by atoms with Gasteiger partial charge in [-0.2, -0.15) is 0 Å². The second kappa shape index (κ2) is 4.87. The first kappa shape index (κ1) is 9.03. The summed E-state index contributed by atoms with van der Waals surface area (Å²) in [5.41, 5.74) is 0.843. The van der Waals surface area contributed by atoms with Crippen molar-refractivity contribution in [3.05, 3.63) is 24.3 Å². The van der Waals surface area contributed by atoms with Crippen LogP contribution in [0.3, 0.4) is 0 Å². The van der Waals surface area contributed by atoms with Gasteiger partial charge in [-0.25, -0.2) is 0 Å². The fraction of sp³-hybridized carbons (Fsp3) is 0. The molecule has 0 amide bonds. The standard InChI is InChI=1S/C7H7P.W/c1-3-7(4-2)5-6-8;/h1,4-5H,2,8H2;. The molecule has 0 radical (unpaired) electrons. The Labute approximate surface area is 69.0 Å². The number of hydrogen-bond donors (Lipinski definition) is 0. The third-order valence-corrected chi connectivity index (χ3v) is 1.27. The molecule has 0 heterocycles. The molecule has 0 nitrogen and oxygen atoms in total. The number of hydrogen-bond acceptors (Lipinski definition) is 0. The zero-order valence-electron chi connectivity index (χ0n) is 4.92. The molecule has 0 rings (SSSR count). The number of terminal acetylenes is 1. The van der Waals surface area contributed by atoms with Gasteiger partial charge in [-0.1, -0.05) is 0 Å². The van der Waals surface area contributed by atoms with E-state index in [1.165, 1.54) is 23.0 Å². The maximum atomic E-state index is 5.13. The molecule has 0 aromatic carbocycles. The second-order valence-corrected chi connectivity index (χ2v) is 5.31. The molecule has 0 aromatic heterocycles. The van der Waals surface area contributed by atoms with Gasteiger partial charge < -0.3 is 0 Å². The van der Waals surface area contributed by atoms with E-state index >= 15 is 0 Å². The van der Waals surface area contributed by atoms with E-state index in [-0.39, 0.29) is 0 Å². The van der Waals surface area contributed by atoms with Crippen molar-refractivity contribution in [2.24, 2.45) is 0 Å². The summed E-state index contributed by atoms with van der Waals surface area (Å²) in [6.07, 6.45) is 8.73. The molecule has 0 aromatic rings. The van der Waals surface area contributed by atoms with Crippen molar-refractivity contribution >= 4 is 12.9 Å². The topological polar surface area (TPSA) is 0 Å². The summed E-state index contributed by atoms with van der Waals surface area (Å²) in [5, 5.41) is 0. The quantitative estimate of drug-likeness (QED) is 0.410. The van der Waals surface area contributed by atoms with E-state index in [1.54, 1.807) is 6.08 Å². The number of allylic oxidation sites excluding steroid dienone is 3. The second-order valence-electron chi connectivity index (χ2n) is 1.35. The predicted molar refractivity (Wildman–Crippen MR) is 41.8 cm³/mol. The van der Waals surface area contributed by atoms with E-state index in [2.05, 4.69) is 21.7 Å². The van der Waals surface area contributed by atoms with E-state index in [9.17, 15) is 0 Å². The van der Waals surface area contributed by atoms with Crippen LogP contribution in [0.1, 0.15) is 0 Å². The molecular formula is C7H7PW. The van der Waals surface area contributed by atoms with Crippen LogP contribution in [0.5, 0.6) is 0 Å². The summed E-state index contributed by atoms with van der Waals surface area (Å²) in [6, 6.07) is 0. The molecule has 0 saturated heterocycles. The molecule has 1 atom stereocenters. The Morgan fingerprint density at radius 1 is 1.78 bits per heavy atom. The number of rotatable bonds is 2. The van der Waals surface area contributed by atoms with Crippen LogP contribution in [0.15, 0.2) is 24.3 Å². The molecule has 46 valence electrons. The molecule has 0 fully saturated rings. The monoisotopic (exact) mass is 306 g/mol. The van der Waals surface area contributed by atoms with Crippen molar-refractivity contribution in [3.63, 3.8) is 0 Å². The SMILES string of the molecule is C#CC(C=C)=C[C](P)=[W]. The third-order valence-electron chi connectivity index (χ3n) is 0.684. The first-order chi connectivity index (χ1) is 4.20. The summed E-state index contributed by atoms with van der Waals surface area (Å²) < 4.78 is 1.20. The van der Waals surface area contributed by atoms with Crippen LogP contribution in [0.2, 0.25) is 0 Å². The van der Waals surface area contributed by atoms with Gasteiger partial charge in [0.25, 0.3) is 0 Å².